The van der Waals surface area contributed by atoms with Gasteiger partial charge in [0.2, 0.25) is 0 Å². The molecule has 0 heterocycles. The number of hydrogen-bond donors (Lipinski definition) is 9. The van der Waals surface area contributed by atoms with Crippen LogP contribution in [0, 0.1) is 5.41 Å². The third-order valence-corrected chi connectivity index (χ3v) is 15.4. The maximum atomic E-state index is 14.1. The quantitative estimate of drug-likeness (QED) is 0.0172. The Morgan fingerprint density at radius 3 is 0.819 bits per heavy atom. The molecule has 1 atom stereocenters. The average molecular weight is 1210 g/mol. The maximum absolute atomic E-state index is 14.1. The third kappa shape index (κ3) is 34.1. The van der Waals surface area contributed by atoms with Gasteiger partial charge in [-0.3, -0.25) is 0 Å². The van der Waals surface area contributed by atoms with E-state index in [1.165, 1.54) is 141 Å². The first kappa shape index (κ1) is 80.7. The van der Waals surface area contributed by atoms with E-state index in [0.29, 0.717) is 35.7 Å². The molecule has 9 N–H and O–H groups in total. The Kier molecular flexibility index (Phi) is 42.1. The summed E-state index contributed by atoms with van der Waals surface area (Å²) in [5.41, 5.74) is 0.941. The Balaban J connectivity index is 0.00000785. The number of aliphatic hydroxyl groups excluding tert-OH is 3. The average Bonchev–Trinajstić information content (AvgIpc) is 3.44. The van der Waals surface area contributed by atoms with Gasteiger partial charge in [-0.05, 0) is 69.9 Å². The molecule has 0 aliphatic rings. The minimum atomic E-state index is -2.62. The van der Waals surface area contributed by atoms with Gasteiger partial charge in [0.15, 0.2) is 0 Å². The van der Waals surface area contributed by atoms with E-state index >= 15 is 0 Å². The van der Waals surface area contributed by atoms with Crippen molar-refractivity contribution in [3.8, 4) is 5.75 Å². The number of aliphatic hydroxyl groups is 3. The zero-order valence-electron chi connectivity index (χ0n) is 54.7. The van der Waals surface area contributed by atoms with E-state index in [-0.39, 0.29) is 11.9 Å². The van der Waals surface area contributed by atoms with Gasteiger partial charge >= 0.3 is 29.1 Å². The van der Waals surface area contributed by atoms with Crippen LogP contribution in [0.25, 0.3) is 0 Å². The monoisotopic (exact) mass is 1210 g/mol. The van der Waals surface area contributed by atoms with Crippen LogP contribution in [0.1, 0.15) is 331 Å². The van der Waals surface area contributed by atoms with Crippen LogP contribution < -0.4 is 4.74 Å². The standard InChI is InChI=1S/C67H116O8.2H3O3P/c1-15-17-19-21-23-25-27-29-31-33-35-37-39-41-43-73-61(71)52-45-54(63(3,4)5)58(55(46-52)64(6,7)8)60(67(49-68,50-69)51-70)75-59-56(65(9,10)11)47-53(48-57(59)66(12,13)14)62(72)74-44-42-40-38-36-34-32-30-28-26-24-22-20-18-16-2;2*1-4(2)3/h45-48,60,68-70H,15-44,49-51H2,1-14H3;2*1-3H. The molecule has 0 spiro atoms. The lowest BCUT2D eigenvalue weighted by molar-refractivity contribution is -0.0761. The van der Waals surface area contributed by atoms with Crippen LogP contribution in [0.3, 0.4) is 0 Å². The summed E-state index contributed by atoms with van der Waals surface area (Å²) in [6, 6.07) is 7.52. The van der Waals surface area contributed by atoms with Crippen LogP contribution >= 0.6 is 17.2 Å². The van der Waals surface area contributed by atoms with Crippen molar-refractivity contribution in [3.05, 3.63) is 63.2 Å². The van der Waals surface area contributed by atoms with Gasteiger partial charge in [0.05, 0.1) is 49.6 Å². The largest absolute Gasteiger partial charge is 0.484 e. The summed E-state index contributed by atoms with van der Waals surface area (Å²) >= 11 is 0. The van der Waals surface area contributed by atoms with Crippen molar-refractivity contribution < 1.29 is 68.5 Å². The third-order valence-electron chi connectivity index (χ3n) is 15.4. The highest BCUT2D eigenvalue weighted by Gasteiger charge is 2.47. The highest BCUT2D eigenvalue weighted by Crippen LogP contribution is 2.50. The molecule has 14 nitrogen and oxygen atoms in total. The number of carbonyl (C=O) groups excluding carboxylic acids is 2. The first-order chi connectivity index (χ1) is 38.9. The number of hydrogen-bond acceptors (Lipinski definition) is 14. The Labute approximate surface area is 507 Å². The predicted octanol–water partition coefficient (Wildman–Crippen LogP) is 16.6. The predicted molar refractivity (Wildman–Crippen MR) is 343 cm³/mol. The highest BCUT2D eigenvalue weighted by molar-refractivity contribution is 7.38. The lowest BCUT2D eigenvalue weighted by atomic mass is 9.68. The smallest absolute Gasteiger partial charge is 0.338 e. The zero-order chi connectivity index (χ0) is 63.3. The minimum absolute atomic E-state index is 0.344. The minimum Gasteiger partial charge on any atom is -0.484 e. The summed E-state index contributed by atoms with van der Waals surface area (Å²) in [6.45, 7) is 28.5. The van der Waals surface area contributed by atoms with Gasteiger partial charge in [-0.15, -0.1) is 0 Å². The van der Waals surface area contributed by atoms with E-state index in [1.807, 2.05) is 24.3 Å². The number of benzene rings is 2. The Morgan fingerprint density at radius 2 is 0.602 bits per heavy atom. The summed E-state index contributed by atoms with van der Waals surface area (Å²) in [6.07, 6.45) is 34.1. The molecule has 0 bridgehead atoms. The number of carbonyl (C=O) groups is 2. The van der Waals surface area contributed by atoms with Crippen LogP contribution in [-0.2, 0) is 31.1 Å². The van der Waals surface area contributed by atoms with Crippen LogP contribution in [0.4, 0.5) is 0 Å². The fourth-order valence-corrected chi connectivity index (χ4v) is 10.4. The SMILES string of the molecule is CCCCCCCCCCCCCCCCOC(=O)c1cc(C(C)(C)C)c(OC(c2c(C(C)(C)C)cc(C(=O)OCCCCCCCCCCCCCCCC)cc2C(C)(C)C)C(CO)(CO)CO)c(C(C)(C)C)c1.OP(O)O.OP(O)O. The molecule has 2 aromatic carbocycles. The van der Waals surface area contributed by atoms with E-state index in [9.17, 15) is 24.9 Å². The van der Waals surface area contributed by atoms with E-state index in [2.05, 4.69) is 96.9 Å². The number of ether oxygens (including phenoxy) is 3. The van der Waals surface area contributed by atoms with E-state index < -0.39 is 70.2 Å². The van der Waals surface area contributed by atoms with Gasteiger partial charge in [0.25, 0.3) is 0 Å². The Bertz CT molecular complexity index is 1920. The molecule has 0 fully saturated rings. The summed E-state index contributed by atoms with van der Waals surface area (Å²) in [5, 5.41) is 34.1. The van der Waals surface area contributed by atoms with Gasteiger partial charge in [-0.25, -0.2) is 9.59 Å². The molecule has 16 heteroatoms. The second-order valence-corrected chi connectivity index (χ2v) is 28.3. The highest BCUT2D eigenvalue weighted by atomic mass is 31.2. The lowest BCUT2D eigenvalue weighted by Gasteiger charge is -2.43. The second kappa shape index (κ2) is 43.3. The van der Waals surface area contributed by atoms with Gasteiger partial charge < -0.3 is 58.9 Å². The molecular formula is C67H122O14P2. The van der Waals surface area contributed by atoms with Crippen molar-refractivity contribution in [1.29, 1.82) is 0 Å². The molecular weight excluding hydrogens is 1090 g/mol. The fourth-order valence-electron chi connectivity index (χ4n) is 10.4. The molecule has 0 amide bonds. The first-order valence-corrected chi connectivity index (χ1v) is 34.2. The fraction of sp³-hybridized carbons (Fsp3) is 0.791. The normalized spacial score (nSPS) is 12.7. The molecule has 83 heavy (non-hydrogen) atoms. The van der Waals surface area contributed by atoms with Crippen molar-refractivity contribution in [3.63, 3.8) is 0 Å². The summed E-state index contributed by atoms with van der Waals surface area (Å²) in [5.74, 6) is -0.241. The van der Waals surface area contributed by atoms with Crippen molar-refractivity contribution in [2.24, 2.45) is 5.41 Å². The number of unbranched alkanes of at least 4 members (excludes halogenated alkanes) is 26. The maximum Gasteiger partial charge on any atom is 0.338 e. The molecule has 0 radical (unpaired) electrons. The van der Waals surface area contributed by atoms with Crippen molar-refractivity contribution in [2.45, 2.75) is 304 Å². The van der Waals surface area contributed by atoms with Gasteiger partial charge in [-0.2, -0.15) is 0 Å². The second-order valence-electron chi connectivity index (χ2n) is 27.2. The molecule has 2 rings (SSSR count). The summed E-state index contributed by atoms with van der Waals surface area (Å²) in [7, 11) is -5.24. The van der Waals surface area contributed by atoms with Crippen LogP contribution in [-0.4, -0.2) is 89.7 Å². The molecule has 484 valence electrons. The van der Waals surface area contributed by atoms with Crippen LogP contribution in [0.15, 0.2) is 24.3 Å². The molecule has 0 saturated heterocycles. The summed E-state index contributed by atoms with van der Waals surface area (Å²) < 4.78 is 19.4. The van der Waals surface area contributed by atoms with Crippen molar-refractivity contribution in [2.75, 3.05) is 33.0 Å². The molecule has 0 aromatic heterocycles. The van der Waals surface area contributed by atoms with Crippen molar-refractivity contribution >= 4 is 29.1 Å². The topological polar surface area (TPSA) is 244 Å². The first-order valence-electron chi connectivity index (χ1n) is 31.8. The van der Waals surface area contributed by atoms with Gasteiger partial charge in [0.1, 0.15) is 11.9 Å². The molecule has 1 unspecified atom stereocenters. The molecule has 2 aromatic rings. The molecule has 0 aliphatic heterocycles. The van der Waals surface area contributed by atoms with E-state index in [4.69, 9.17) is 43.6 Å². The van der Waals surface area contributed by atoms with Gasteiger partial charge in [0, 0.05) is 16.7 Å². The van der Waals surface area contributed by atoms with Crippen molar-refractivity contribution in [1.82, 2.24) is 0 Å². The molecule has 0 saturated carbocycles. The van der Waals surface area contributed by atoms with Crippen LogP contribution in [0.2, 0.25) is 0 Å². The van der Waals surface area contributed by atoms with E-state index in [0.717, 1.165) is 60.8 Å². The summed E-state index contributed by atoms with van der Waals surface area (Å²) in [4.78, 5) is 71.4. The van der Waals surface area contributed by atoms with Gasteiger partial charge in [-0.1, -0.05) is 264 Å². The number of rotatable bonds is 39. The van der Waals surface area contributed by atoms with Crippen LogP contribution in [0.5, 0.6) is 5.75 Å². The zero-order valence-corrected chi connectivity index (χ0v) is 56.5. The Hall–Kier alpha value is -2.32. The molecule has 0 aliphatic carbocycles. The van der Waals surface area contributed by atoms with E-state index in [1.54, 1.807) is 0 Å². The lowest BCUT2D eigenvalue weighted by Crippen LogP contribution is -2.45. The number of esters is 2. The Morgan fingerprint density at radius 1 is 0.386 bits per heavy atom.